The fraction of sp³-hybridized carbons (Fsp3) is 0.471. The van der Waals surface area contributed by atoms with E-state index in [0.29, 0.717) is 13.1 Å². The van der Waals surface area contributed by atoms with Crippen LogP contribution in [-0.2, 0) is 32.1 Å². The smallest absolute Gasteiger partial charge is 0.308 e. The van der Waals surface area contributed by atoms with Gasteiger partial charge in [-0.3, -0.25) is 14.4 Å². The van der Waals surface area contributed by atoms with E-state index in [0.717, 1.165) is 12.0 Å². The summed E-state index contributed by atoms with van der Waals surface area (Å²) in [5, 5.41) is 2.52. The number of rotatable bonds is 5. The second-order valence-corrected chi connectivity index (χ2v) is 5.64. The van der Waals surface area contributed by atoms with Gasteiger partial charge in [0.1, 0.15) is 0 Å². The molecule has 0 aliphatic carbocycles. The highest BCUT2D eigenvalue weighted by molar-refractivity contribution is 5.84. The molecule has 6 nitrogen and oxygen atoms in total. The summed E-state index contributed by atoms with van der Waals surface area (Å²) in [5.41, 5.74) is 2.40. The van der Waals surface area contributed by atoms with E-state index in [1.807, 2.05) is 18.2 Å². The Balaban J connectivity index is 1.83. The number of nitrogens with one attached hydrogen (secondary N) is 1. The lowest BCUT2D eigenvalue weighted by Crippen LogP contribution is -2.42. The number of esters is 1. The Morgan fingerprint density at radius 1 is 1.26 bits per heavy atom. The van der Waals surface area contributed by atoms with Crippen LogP contribution >= 0.6 is 0 Å². The van der Waals surface area contributed by atoms with Gasteiger partial charge in [0, 0.05) is 26.6 Å². The largest absolute Gasteiger partial charge is 0.452 e. The lowest BCUT2D eigenvalue weighted by atomic mass is 9.99. The molecule has 0 saturated carbocycles. The van der Waals surface area contributed by atoms with E-state index in [1.165, 1.54) is 12.5 Å². The first-order valence-electron chi connectivity index (χ1n) is 7.77. The standard InChI is InChI=1S/C17H22N2O4/c1-12(23-16(21)7-9-18-13(2)20)17(22)19-10-8-14-5-3-4-6-15(14)11-19/h3-6,12H,7-11H2,1-2H3,(H,18,20)/t12-/m1/s1. The monoisotopic (exact) mass is 318 g/mol. The van der Waals surface area contributed by atoms with Crippen molar-refractivity contribution in [2.24, 2.45) is 0 Å². The molecule has 23 heavy (non-hydrogen) atoms. The lowest BCUT2D eigenvalue weighted by Gasteiger charge is -2.30. The predicted molar refractivity (Wildman–Crippen MR) is 84.4 cm³/mol. The number of ether oxygens (including phenoxy) is 1. The van der Waals surface area contributed by atoms with Gasteiger partial charge in [-0.15, -0.1) is 0 Å². The number of hydrogen-bond donors (Lipinski definition) is 1. The van der Waals surface area contributed by atoms with Crippen molar-refractivity contribution in [2.45, 2.75) is 39.3 Å². The highest BCUT2D eigenvalue weighted by Crippen LogP contribution is 2.19. The molecule has 1 aromatic rings. The SMILES string of the molecule is CC(=O)NCCC(=O)O[C@H](C)C(=O)N1CCc2ccccc2C1. The molecule has 124 valence electrons. The molecule has 2 rings (SSSR count). The maximum Gasteiger partial charge on any atom is 0.308 e. The molecular formula is C17H22N2O4. The molecule has 1 aromatic carbocycles. The zero-order valence-corrected chi connectivity index (χ0v) is 13.5. The van der Waals surface area contributed by atoms with Crippen molar-refractivity contribution in [1.82, 2.24) is 10.2 Å². The Labute approximate surface area is 135 Å². The Bertz CT molecular complexity index is 600. The molecule has 0 fully saturated rings. The van der Waals surface area contributed by atoms with Crippen LogP contribution in [-0.4, -0.2) is 41.9 Å². The fourth-order valence-electron chi connectivity index (χ4n) is 2.59. The minimum Gasteiger partial charge on any atom is -0.452 e. The van der Waals surface area contributed by atoms with Crippen LogP contribution in [0.5, 0.6) is 0 Å². The Morgan fingerprint density at radius 2 is 1.96 bits per heavy atom. The maximum atomic E-state index is 12.4. The molecule has 0 saturated heterocycles. The van der Waals surface area contributed by atoms with Crippen LogP contribution in [0.25, 0.3) is 0 Å². The maximum absolute atomic E-state index is 12.4. The summed E-state index contributed by atoms with van der Waals surface area (Å²) >= 11 is 0. The molecule has 0 radical (unpaired) electrons. The van der Waals surface area contributed by atoms with Crippen molar-refractivity contribution < 1.29 is 19.1 Å². The number of nitrogens with zero attached hydrogens (tertiary/aromatic N) is 1. The van der Waals surface area contributed by atoms with Gasteiger partial charge >= 0.3 is 5.97 Å². The molecule has 0 spiro atoms. The second-order valence-electron chi connectivity index (χ2n) is 5.64. The van der Waals surface area contributed by atoms with Crippen LogP contribution < -0.4 is 5.32 Å². The number of carbonyl (C=O) groups excluding carboxylic acids is 3. The van der Waals surface area contributed by atoms with Gasteiger partial charge < -0.3 is 15.0 Å². The summed E-state index contributed by atoms with van der Waals surface area (Å²) in [6, 6.07) is 8.04. The Morgan fingerprint density at radius 3 is 2.65 bits per heavy atom. The third-order valence-corrected chi connectivity index (χ3v) is 3.80. The summed E-state index contributed by atoms with van der Waals surface area (Å²) in [4.78, 5) is 36.5. The van der Waals surface area contributed by atoms with Crippen molar-refractivity contribution >= 4 is 17.8 Å². The number of hydrogen-bond acceptors (Lipinski definition) is 4. The van der Waals surface area contributed by atoms with E-state index in [9.17, 15) is 14.4 Å². The zero-order chi connectivity index (χ0) is 16.8. The van der Waals surface area contributed by atoms with Gasteiger partial charge in [0.25, 0.3) is 5.91 Å². The van der Waals surface area contributed by atoms with Gasteiger partial charge in [0.05, 0.1) is 6.42 Å². The first-order chi connectivity index (χ1) is 11.0. The first kappa shape index (κ1) is 17.0. The second kappa shape index (κ2) is 7.76. The Hall–Kier alpha value is -2.37. The highest BCUT2D eigenvalue weighted by Gasteiger charge is 2.26. The van der Waals surface area contributed by atoms with E-state index in [1.54, 1.807) is 11.8 Å². The third-order valence-electron chi connectivity index (χ3n) is 3.80. The number of benzene rings is 1. The topological polar surface area (TPSA) is 75.7 Å². The molecule has 6 heteroatoms. The molecule has 0 aromatic heterocycles. The molecule has 1 aliphatic heterocycles. The van der Waals surface area contributed by atoms with E-state index < -0.39 is 12.1 Å². The normalized spacial score (nSPS) is 14.6. The molecule has 0 bridgehead atoms. The van der Waals surface area contributed by atoms with E-state index >= 15 is 0 Å². The average molecular weight is 318 g/mol. The molecule has 0 unspecified atom stereocenters. The van der Waals surface area contributed by atoms with Gasteiger partial charge in [-0.05, 0) is 24.5 Å². The van der Waals surface area contributed by atoms with Crippen LogP contribution in [0.4, 0.5) is 0 Å². The first-order valence-corrected chi connectivity index (χ1v) is 7.77. The summed E-state index contributed by atoms with van der Waals surface area (Å²) in [6.45, 7) is 4.35. The van der Waals surface area contributed by atoms with E-state index in [4.69, 9.17) is 4.74 Å². The lowest BCUT2D eigenvalue weighted by molar-refractivity contribution is -0.159. The van der Waals surface area contributed by atoms with Gasteiger partial charge in [-0.25, -0.2) is 0 Å². The molecule has 1 N–H and O–H groups in total. The molecule has 1 atom stereocenters. The minimum atomic E-state index is -0.815. The minimum absolute atomic E-state index is 0.0556. The van der Waals surface area contributed by atoms with Gasteiger partial charge in [0.2, 0.25) is 5.91 Å². The van der Waals surface area contributed by atoms with Crippen LogP contribution in [0.1, 0.15) is 31.4 Å². The molecule has 1 heterocycles. The quantitative estimate of drug-likeness (QED) is 0.823. The van der Waals surface area contributed by atoms with Gasteiger partial charge in [0.15, 0.2) is 6.10 Å². The van der Waals surface area contributed by atoms with Gasteiger partial charge in [-0.2, -0.15) is 0 Å². The van der Waals surface area contributed by atoms with Crippen molar-refractivity contribution in [3.63, 3.8) is 0 Å². The summed E-state index contributed by atoms with van der Waals surface area (Å²) < 4.78 is 5.15. The average Bonchev–Trinajstić information content (AvgIpc) is 2.53. The highest BCUT2D eigenvalue weighted by atomic mass is 16.5. The number of amides is 2. The molecular weight excluding hydrogens is 296 g/mol. The predicted octanol–water partition coefficient (Wildman–Crippen LogP) is 1.03. The third kappa shape index (κ3) is 4.81. The number of carbonyl (C=O) groups is 3. The van der Waals surface area contributed by atoms with Crippen LogP contribution in [0.3, 0.4) is 0 Å². The molecule has 1 aliphatic rings. The molecule has 2 amide bonds. The number of fused-ring (bicyclic) bond motifs is 1. The van der Waals surface area contributed by atoms with Crippen LogP contribution in [0.15, 0.2) is 24.3 Å². The summed E-state index contributed by atoms with van der Waals surface area (Å²) in [7, 11) is 0. The van der Waals surface area contributed by atoms with Crippen molar-refractivity contribution in [3.05, 3.63) is 35.4 Å². The fourth-order valence-corrected chi connectivity index (χ4v) is 2.59. The van der Waals surface area contributed by atoms with Crippen LogP contribution in [0, 0.1) is 0 Å². The zero-order valence-electron chi connectivity index (χ0n) is 13.5. The van der Waals surface area contributed by atoms with Gasteiger partial charge in [-0.1, -0.05) is 24.3 Å². The van der Waals surface area contributed by atoms with Crippen molar-refractivity contribution in [2.75, 3.05) is 13.1 Å². The van der Waals surface area contributed by atoms with Crippen molar-refractivity contribution in [1.29, 1.82) is 0 Å². The van der Waals surface area contributed by atoms with E-state index in [2.05, 4.69) is 11.4 Å². The summed E-state index contributed by atoms with van der Waals surface area (Å²) in [5.74, 6) is -0.877. The summed E-state index contributed by atoms with van der Waals surface area (Å²) in [6.07, 6.45) is 0.0515. The Kier molecular flexibility index (Phi) is 5.73. The van der Waals surface area contributed by atoms with E-state index in [-0.39, 0.29) is 24.8 Å². The van der Waals surface area contributed by atoms with Crippen LogP contribution in [0.2, 0.25) is 0 Å². The van der Waals surface area contributed by atoms with Crippen molar-refractivity contribution in [3.8, 4) is 0 Å².